The minimum Gasteiger partial charge on any atom is -0.410 e. The Morgan fingerprint density at radius 2 is 2.00 bits per heavy atom. The molecule has 1 aromatic rings. The lowest BCUT2D eigenvalue weighted by molar-refractivity contribution is -0.116. The molecular weight excluding hydrogens is 230 g/mol. The summed E-state index contributed by atoms with van der Waals surface area (Å²) < 4.78 is 5.08. The standard InChI is InChI=1S/C11H10ClNO3/c12-8-1-3-10(4-2-8)16-11(15)13-6-5-9(14)7-13/h1-4H,5-7H2. The van der Waals surface area contributed by atoms with Crippen molar-refractivity contribution in [1.29, 1.82) is 0 Å². The molecule has 16 heavy (non-hydrogen) atoms. The van der Waals surface area contributed by atoms with Crippen LogP contribution in [0.5, 0.6) is 5.75 Å². The van der Waals surface area contributed by atoms with E-state index < -0.39 is 6.09 Å². The van der Waals surface area contributed by atoms with Crippen molar-refractivity contribution >= 4 is 23.5 Å². The van der Waals surface area contributed by atoms with Crippen LogP contribution in [0.15, 0.2) is 24.3 Å². The van der Waals surface area contributed by atoms with Crippen molar-refractivity contribution in [3.8, 4) is 5.75 Å². The molecule has 1 heterocycles. The molecule has 1 amide bonds. The molecule has 0 N–H and O–H groups in total. The Labute approximate surface area is 97.7 Å². The number of amides is 1. The van der Waals surface area contributed by atoms with Gasteiger partial charge >= 0.3 is 6.09 Å². The number of hydrogen-bond acceptors (Lipinski definition) is 3. The van der Waals surface area contributed by atoms with E-state index in [4.69, 9.17) is 16.3 Å². The molecule has 1 fully saturated rings. The minimum atomic E-state index is -0.492. The molecule has 4 nitrogen and oxygen atoms in total. The van der Waals surface area contributed by atoms with E-state index in [1.165, 1.54) is 4.90 Å². The van der Waals surface area contributed by atoms with E-state index in [1.54, 1.807) is 24.3 Å². The molecule has 0 bridgehead atoms. The highest BCUT2D eigenvalue weighted by Crippen LogP contribution is 2.17. The number of ether oxygens (including phenoxy) is 1. The summed E-state index contributed by atoms with van der Waals surface area (Å²) in [5.41, 5.74) is 0. The number of nitrogens with zero attached hydrogens (tertiary/aromatic N) is 1. The molecule has 0 spiro atoms. The Morgan fingerprint density at radius 1 is 1.31 bits per heavy atom. The summed E-state index contributed by atoms with van der Waals surface area (Å²) >= 11 is 5.70. The van der Waals surface area contributed by atoms with E-state index in [1.807, 2.05) is 0 Å². The second-order valence-electron chi connectivity index (χ2n) is 3.53. The van der Waals surface area contributed by atoms with E-state index in [0.29, 0.717) is 23.7 Å². The van der Waals surface area contributed by atoms with Crippen molar-refractivity contribution in [2.75, 3.05) is 13.1 Å². The molecule has 0 saturated carbocycles. The lowest BCUT2D eigenvalue weighted by Gasteiger charge is -2.13. The summed E-state index contributed by atoms with van der Waals surface area (Å²) in [6.45, 7) is 0.581. The van der Waals surface area contributed by atoms with Gasteiger partial charge in [-0.2, -0.15) is 0 Å². The maximum absolute atomic E-state index is 11.6. The number of likely N-dealkylation sites (tertiary alicyclic amines) is 1. The van der Waals surface area contributed by atoms with Crippen LogP contribution in [0.1, 0.15) is 6.42 Å². The smallest absolute Gasteiger partial charge is 0.410 e. The van der Waals surface area contributed by atoms with E-state index in [2.05, 4.69) is 0 Å². The van der Waals surface area contributed by atoms with Gasteiger partial charge in [-0.3, -0.25) is 4.79 Å². The predicted octanol–water partition coefficient (Wildman–Crippen LogP) is 2.11. The normalized spacial score (nSPS) is 15.3. The van der Waals surface area contributed by atoms with Crippen LogP contribution in [0.2, 0.25) is 5.02 Å². The lowest BCUT2D eigenvalue weighted by atomic mass is 10.3. The van der Waals surface area contributed by atoms with Crippen molar-refractivity contribution in [2.45, 2.75) is 6.42 Å². The molecule has 5 heteroatoms. The van der Waals surface area contributed by atoms with Gasteiger partial charge < -0.3 is 9.64 Å². The zero-order valence-corrected chi connectivity index (χ0v) is 9.24. The Hall–Kier alpha value is -1.55. The number of benzene rings is 1. The van der Waals surface area contributed by atoms with Gasteiger partial charge in [0.05, 0.1) is 6.54 Å². The lowest BCUT2D eigenvalue weighted by Crippen LogP contribution is -2.31. The van der Waals surface area contributed by atoms with Gasteiger partial charge in [0.15, 0.2) is 5.78 Å². The molecule has 0 unspecified atom stereocenters. The van der Waals surface area contributed by atoms with Crippen LogP contribution in [-0.2, 0) is 4.79 Å². The fourth-order valence-corrected chi connectivity index (χ4v) is 1.58. The number of halogens is 1. The van der Waals surface area contributed by atoms with Crippen LogP contribution in [-0.4, -0.2) is 29.9 Å². The molecule has 84 valence electrons. The van der Waals surface area contributed by atoms with Gasteiger partial charge in [-0.15, -0.1) is 0 Å². The average molecular weight is 240 g/mol. The number of ketones is 1. The molecule has 0 aromatic heterocycles. The summed E-state index contributed by atoms with van der Waals surface area (Å²) in [5, 5.41) is 0.580. The van der Waals surface area contributed by atoms with Crippen LogP contribution >= 0.6 is 11.6 Å². The van der Waals surface area contributed by atoms with Crippen LogP contribution in [0, 0.1) is 0 Å². The Balaban J connectivity index is 1.97. The highest BCUT2D eigenvalue weighted by atomic mass is 35.5. The molecule has 1 aromatic carbocycles. The molecule has 1 aliphatic rings. The zero-order valence-electron chi connectivity index (χ0n) is 8.48. The van der Waals surface area contributed by atoms with Crippen molar-refractivity contribution in [3.05, 3.63) is 29.3 Å². The Morgan fingerprint density at radius 3 is 2.56 bits per heavy atom. The third kappa shape index (κ3) is 2.52. The summed E-state index contributed by atoms with van der Waals surface area (Å²) in [4.78, 5) is 23.9. The molecule has 0 aliphatic carbocycles. The topological polar surface area (TPSA) is 46.6 Å². The van der Waals surface area contributed by atoms with Crippen molar-refractivity contribution in [3.63, 3.8) is 0 Å². The minimum absolute atomic E-state index is 0.0630. The van der Waals surface area contributed by atoms with E-state index in [-0.39, 0.29) is 12.3 Å². The first-order valence-corrected chi connectivity index (χ1v) is 5.27. The van der Waals surface area contributed by atoms with Gasteiger partial charge in [-0.05, 0) is 24.3 Å². The van der Waals surface area contributed by atoms with Crippen LogP contribution < -0.4 is 4.74 Å². The second kappa shape index (κ2) is 4.53. The fraction of sp³-hybridized carbons (Fsp3) is 0.273. The third-order valence-electron chi connectivity index (χ3n) is 2.30. The second-order valence-corrected chi connectivity index (χ2v) is 3.97. The van der Waals surface area contributed by atoms with Gasteiger partial charge in [-0.25, -0.2) is 4.79 Å². The van der Waals surface area contributed by atoms with E-state index in [0.717, 1.165) is 0 Å². The van der Waals surface area contributed by atoms with Gasteiger partial charge in [0.1, 0.15) is 5.75 Å². The summed E-state index contributed by atoms with van der Waals surface area (Å²) in [7, 11) is 0. The van der Waals surface area contributed by atoms with Crippen molar-refractivity contribution in [2.24, 2.45) is 0 Å². The van der Waals surface area contributed by atoms with Crippen molar-refractivity contribution in [1.82, 2.24) is 4.90 Å². The average Bonchev–Trinajstić information content (AvgIpc) is 2.68. The summed E-state index contributed by atoms with van der Waals surface area (Å²) in [5.74, 6) is 0.488. The number of Topliss-reactive ketones (excluding diaryl/α,β-unsaturated/α-hetero) is 1. The highest BCUT2D eigenvalue weighted by molar-refractivity contribution is 6.30. The molecule has 1 saturated heterocycles. The number of hydrogen-bond donors (Lipinski definition) is 0. The highest BCUT2D eigenvalue weighted by Gasteiger charge is 2.25. The monoisotopic (exact) mass is 239 g/mol. The maximum atomic E-state index is 11.6. The van der Waals surface area contributed by atoms with E-state index in [9.17, 15) is 9.59 Å². The Kier molecular flexibility index (Phi) is 3.10. The summed E-state index contributed by atoms with van der Waals surface area (Å²) in [6.07, 6.45) is -0.0800. The fourth-order valence-electron chi connectivity index (χ4n) is 1.45. The largest absolute Gasteiger partial charge is 0.415 e. The summed E-state index contributed by atoms with van der Waals surface area (Å²) in [6, 6.07) is 6.49. The van der Waals surface area contributed by atoms with Gasteiger partial charge in [-0.1, -0.05) is 11.6 Å². The third-order valence-corrected chi connectivity index (χ3v) is 2.56. The number of carbonyl (C=O) groups excluding carboxylic acids is 2. The van der Waals surface area contributed by atoms with Crippen LogP contribution in [0.4, 0.5) is 4.79 Å². The first-order valence-electron chi connectivity index (χ1n) is 4.89. The Bertz CT molecular complexity index is 416. The molecular formula is C11H10ClNO3. The van der Waals surface area contributed by atoms with Crippen molar-refractivity contribution < 1.29 is 14.3 Å². The molecule has 0 radical (unpaired) electrons. The molecule has 2 rings (SSSR count). The quantitative estimate of drug-likeness (QED) is 0.754. The molecule has 1 aliphatic heterocycles. The number of carbonyl (C=O) groups is 2. The van der Waals surface area contributed by atoms with Crippen LogP contribution in [0.25, 0.3) is 0 Å². The number of rotatable bonds is 1. The zero-order chi connectivity index (χ0) is 11.5. The molecule has 0 atom stereocenters. The van der Waals surface area contributed by atoms with Gasteiger partial charge in [0, 0.05) is 18.0 Å². The van der Waals surface area contributed by atoms with Crippen LogP contribution in [0.3, 0.4) is 0 Å². The first kappa shape index (κ1) is 11.0. The SMILES string of the molecule is O=C1CCN(C(=O)Oc2ccc(Cl)cc2)C1. The van der Waals surface area contributed by atoms with Gasteiger partial charge in [0.25, 0.3) is 0 Å². The predicted molar refractivity (Wildman–Crippen MR) is 58.7 cm³/mol. The maximum Gasteiger partial charge on any atom is 0.415 e. The van der Waals surface area contributed by atoms with E-state index >= 15 is 0 Å². The first-order chi connectivity index (χ1) is 7.65. The van der Waals surface area contributed by atoms with Gasteiger partial charge in [0.2, 0.25) is 0 Å².